The molecule has 1 aromatic carbocycles. The Kier molecular flexibility index (Phi) is 6.71. The number of benzene rings is 1. The van der Waals surface area contributed by atoms with E-state index in [9.17, 15) is 14.0 Å². The Morgan fingerprint density at radius 3 is 2.72 bits per heavy atom. The molecule has 2 rings (SSSR count). The predicted molar refractivity (Wildman–Crippen MR) is 97.3 cm³/mol. The second kappa shape index (κ2) is 8.56. The van der Waals surface area contributed by atoms with Crippen LogP contribution in [0.4, 0.5) is 15.9 Å². The van der Waals surface area contributed by atoms with E-state index in [-0.39, 0.29) is 34.8 Å². The lowest BCUT2D eigenvalue weighted by molar-refractivity contribution is 0.0168. The fraction of sp³-hybridized carbons (Fsp3) is 0.200. The van der Waals surface area contributed by atoms with Crippen LogP contribution < -0.4 is 16.4 Å². The summed E-state index contributed by atoms with van der Waals surface area (Å²) in [5, 5.41) is 11.4. The number of hydroxylamine groups is 1. The average molecular weight is 479 g/mol. The number of aliphatic hydroxyl groups is 1. The molecule has 1 heterocycles. The van der Waals surface area contributed by atoms with Crippen LogP contribution in [0.1, 0.15) is 10.4 Å². The summed E-state index contributed by atoms with van der Waals surface area (Å²) in [6.07, 6.45) is 0. The summed E-state index contributed by atoms with van der Waals surface area (Å²) in [7, 11) is 1.44. The maximum Gasteiger partial charge on any atom is 0.278 e. The summed E-state index contributed by atoms with van der Waals surface area (Å²) >= 11 is 6.25. The third-order valence-corrected chi connectivity index (χ3v) is 4.22. The molecular formula is C15H14Br2FN3O4. The maximum absolute atomic E-state index is 14.1. The van der Waals surface area contributed by atoms with Gasteiger partial charge in [0.15, 0.2) is 0 Å². The lowest BCUT2D eigenvalue weighted by atomic mass is 10.2. The van der Waals surface area contributed by atoms with E-state index in [1.165, 1.54) is 29.8 Å². The number of nitrogens with zero attached hydrogens (tertiary/aromatic N) is 1. The van der Waals surface area contributed by atoms with Gasteiger partial charge in [0.25, 0.3) is 11.5 Å². The first kappa shape index (κ1) is 19.6. The molecule has 0 atom stereocenters. The number of pyridine rings is 1. The Morgan fingerprint density at radius 2 is 2.08 bits per heavy atom. The highest BCUT2D eigenvalue weighted by molar-refractivity contribution is 9.10. The van der Waals surface area contributed by atoms with Gasteiger partial charge in [0.1, 0.15) is 11.6 Å². The van der Waals surface area contributed by atoms with Crippen LogP contribution in [-0.4, -0.2) is 28.8 Å². The van der Waals surface area contributed by atoms with E-state index in [0.717, 1.165) is 0 Å². The molecule has 7 nitrogen and oxygen atoms in total. The minimum atomic E-state index is -0.662. The summed E-state index contributed by atoms with van der Waals surface area (Å²) in [6, 6.07) is 5.64. The van der Waals surface area contributed by atoms with Gasteiger partial charge in [0.2, 0.25) is 0 Å². The molecule has 0 bridgehead atoms. The Bertz CT molecular complexity index is 857. The van der Waals surface area contributed by atoms with Crippen molar-refractivity contribution in [3.63, 3.8) is 0 Å². The van der Waals surface area contributed by atoms with Crippen molar-refractivity contribution in [2.75, 3.05) is 18.5 Å². The van der Waals surface area contributed by atoms with Crippen LogP contribution >= 0.6 is 31.9 Å². The molecule has 0 radical (unpaired) electrons. The lowest BCUT2D eigenvalue weighted by Crippen LogP contribution is -2.30. The van der Waals surface area contributed by atoms with Gasteiger partial charge in [0, 0.05) is 11.5 Å². The molecular weight excluding hydrogens is 465 g/mol. The number of aromatic nitrogens is 1. The molecule has 3 N–H and O–H groups in total. The molecule has 0 saturated heterocycles. The van der Waals surface area contributed by atoms with Gasteiger partial charge in [-0.15, -0.1) is 0 Å². The van der Waals surface area contributed by atoms with Crippen molar-refractivity contribution in [3.05, 3.63) is 54.9 Å². The quantitative estimate of drug-likeness (QED) is 0.438. The molecule has 0 aliphatic carbocycles. The minimum absolute atomic E-state index is 0.0502. The largest absolute Gasteiger partial charge is 0.394 e. The van der Waals surface area contributed by atoms with Crippen molar-refractivity contribution in [2.24, 2.45) is 7.05 Å². The zero-order valence-corrected chi connectivity index (χ0v) is 16.1. The van der Waals surface area contributed by atoms with E-state index in [0.29, 0.717) is 4.47 Å². The zero-order valence-electron chi connectivity index (χ0n) is 13.0. The van der Waals surface area contributed by atoms with Crippen LogP contribution in [0.3, 0.4) is 0 Å². The van der Waals surface area contributed by atoms with Crippen molar-refractivity contribution >= 4 is 49.3 Å². The van der Waals surface area contributed by atoms with Crippen molar-refractivity contribution in [1.82, 2.24) is 10.0 Å². The Labute approximate surface area is 159 Å². The van der Waals surface area contributed by atoms with E-state index in [4.69, 9.17) is 9.94 Å². The molecule has 1 aromatic heterocycles. The van der Waals surface area contributed by atoms with E-state index in [1.807, 2.05) is 0 Å². The first-order valence-corrected chi connectivity index (χ1v) is 8.58. The zero-order chi connectivity index (χ0) is 18.6. The second-order valence-electron chi connectivity index (χ2n) is 4.87. The topological polar surface area (TPSA) is 92.6 Å². The number of hydrogen-bond donors (Lipinski definition) is 3. The first-order valence-electron chi connectivity index (χ1n) is 6.99. The van der Waals surface area contributed by atoms with Gasteiger partial charge in [-0.2, -0.15) is 0 Å². The maximum atomic E-state index is 14.1. The SMILES string of the molecule is Cn1c(Nc2ccc(Br)cc2F)c(C(=O)NOCCO)cc(Br)c1=O. The molecule has 0 saturated carbocycles. The highest BCUT2D eigenvalue weighted by Gasteiger charge is 2.19. The molecule has 134 valence electrons. The summed E-state index contributed by atoms with van der Waals surface area (Å²) in [5.41, 5.74) is 1.88. The van der Waals surface area contributed by atoms with Gasteiger partial charge in [-0.1, -0.05) is 15.9 Å². The minimum Gasteiger partial charge on any atom is -0.394 e. The number of aliphatic hydroxyl groups excluding tert-OH is 1. The van der Waals surface area contributed by atoms with Crippen molar-refractivity contribution < 1.29 is 19.1 Å². The van der Waals surface area contributed by atoms with Crippen molar-refractivity contribution in [3.8, 4) is 0 Å². The molecule has 0 unspecified atom stereocenters. The average Bonchev–Trinajstić information content (AvgIpc) is 2.57. The Hall–Kier alpha value is -1.75. The van der Waals surface area contributed by atoms with E-state index in [2.05, 4.69) is 42.7 Å². The van der Waals surface area contributed by atoms with Gasteiger partial charge in [-0.25, -0.2) is 9.87 Å². The number of carbonyl (C=O) groups excluding carboxylic acids is 1. The number of nitrogens with one attached hydrogen (secondary N) is 2. The summed E-state index contributed by atoms with van der Waals surface area (Å²) in [4.78, 5) is 29.2. The molecule has 1 amide bonds. The van der Waals surface area contributed by atoms with Gasteiger partial charge < -0.3 is 10.4 Å². The van der Waals surface area contributed by atoms with Crippen LogP contribution in [0.5, 0.6) is 0 Å². The van der Waals surface area contributed by atoms with E-state index < -0.39 is 17.3 Å². The van der Waals surface area contributed by atoms with Gasteiger partial charge in [-0.05, 0) is 40.2 Å². The van der Waals surface area contributed by atoms with Gasteiger partial charge in [-0.3, -0.25) is 19.0 Å². The summed E-state index contributed by atoms with van der Waals surface area (Å²) in [6.45, 7) is -0.366. The highest BCUT2D eigenvalue weighted by atomic mass is 79.9. The molecule has 0 aliphatic rings. The van der Waals surface area contributed by atoms with Gasteiger partial charge in [0.05, 0.1) is 28.9 Å². The lowest BCUT2D eigenvalue weighted by Gasteiger charge is -2.17. The monoisotopic (exact) mass is 477 g/mol. The number of carbonyl (C=O) groups is 1. The van der Waals surface area contributed by atoms with Crippen LogP contribution in [0.25, 0.3) is 0 Å². The molecule has 0 fully saturated rings. The van der Waals surface area contributed by atoms with Crippen LogP contribution in [0.15, 0.2) is 38.0 Å². The summed E-state index contributed by atoms with van der Waals surface area (Å²) < 4.78 is 16.0. The van der Waals surface area contributed by atoms with Crippen molar-refractivity contribution in [2.45, 2.75) is 0 Å². The number of halogens is 3. The molecule has 0 aliphatic heterocycles. The van der Waals surface area contributed by atoms with Gasteiger partial charge >= 0.3 is 0 Å². The smallest absolute Gasteiger partial charge is 0.278 e. The molecule has 2 aromatic rings. The van der Waals surface area contributed by atoms with Crippen LogP contribution in [0, 0.1) is 5.82 Å². The standard InChI is InChI=1S/C15H14Br2FN3O4/c1-21-13(19-12-3-2-8(16)6-11(12)18)9(7-10(17)15(21)24)14(23)20-25-5-4-22/h2-3,6-7,19,22H,4-5H2,1H3,(H,20,23). The number of anilines is 2. The fourth-order valence-corrected chi connectivity index (χ4v) is 2.79. The van der Waals surface area contributed by atoms with E-state index in [1.54, 1.807) is 6.07 Å². The second-order valence-corrected chi connectivity index (χ2v) is 6.64. The third kappa shape index (κ3) is 4.66. The summed E-state index contributed by atoms with van der Waals surface area (Å²) in [5.74, 6) is -1.14. The predicted octanol–water partition coefficient (Wildman–Crippen LogP) is 2.45. The number of amides is 1. The van der Waals surface area contributed by atoms with Crippen LogP contribution in [0.2, 0.25) is 0 Å². The molecule has 0 spiro atoms. The number of rotatable bonds is 6. The Morgan fingerprint density at radius 1 is 1.36 bits per heavy atom. The third-order valence-electron chi connectivity index (χ3n) is 3.16. The Balaban J connectivity index is 2.45. The normalized spacial score (nSPS) is 10.6. The number of hydrogen-bond acceptors (Lipinski definition) is 5. The van der Waals surface area contributed by atoms with E-state index >= 15 is 0 Å². The highest BCUT2D eigenvalue weighted by Crippen LogP contribution is 2.25. The first-order chi connectivity index (χ1) is 11.8. The van der Waals surface area contributed by atoms with Crippen LogP contribution in [-0.2, 0) is 11.9 Å². The molecule has 25 heavy (non-hydrogen) atoms. The van der Waals surface area contributed by atoms with Crippen molar-refractivity contribution in [1.29, 1.82) is 0 Å². The molecule has 10 heteroatoms. The fourth-order valence-electron chi connectivity index (χ4n) is 1.96.